The summed E-state index contributed by atoms with van der Waals surface area (Å²) in [5, 5.41) is 3.42. The summed E-state index contributed by atoms with van der Waals surface area (Å²) in [5.41, 5.74) is 1.24. The van der Waals surface area contributed by atoms with Crippen molar-refractivity contribution in [3.63, 3.8) is 0 Å². The lowest BCUT2D eigenvalue weighted by atomic mass is 9.83. The fourth-order valence-electron chi connectivity index (χ4n) is 5.70. The summed E-state index contributed by atoms with van der Waals surface area (Å²) in [6.07, 6.45) is 6.63. The van der Waals surface area contributed by atoms with E-state index < -0.39 is 11.6 Å². The van der Waals surface area contributed by atoms with Crippen molar-refractivity contribution in [2.45, 2.75) is 58.0 Å². The zero-order valence-corrected chi connectivity index (χ0v) is 20.2. The molecule has 1 N–H and O–H groups in total. The van der Waals surface area contributed by atoms with E-state index in [1.54, 1.807) is 6.07 Å². The lowest BCUT2D eigenvalue weighted by Crippen LogP contribution is -2.49. The van der Waals surface area contributed by atoms with Crippen molar-refractivity contribution in [3.8, 4) is 17.0 Å². The summed E-state index contributed by atoms with van der Waals surface area (Å²) in [6.45, 7) is 9.64. The van der Waals surface area contributed by atoms with E-state index in [4.69, 9.17) is 4.74 Å². The van der Waals surface area contributed by atoms with Crippen LogP contribution in [0.15, 0.2) is 18.3 Å². The molecule has 5 rings (SSSR count). The highest BCUT2D eigenvalue weighted by Crippen LogP contribution is 2.39. The van der Waals surface area contributed by atoms with Gasteiger partial charge in [-0.1, -0.05) is 0 Å². The molecule has 0 bridgehead atoms. The van der Waals surface area contributed by atoms with Gasteiger partial charge in [-0.05, 0) is 57.6 Å². The minimum Gasteiger partial charge on any atom is -0.486 e. The van der Waals surface area contributed by atoms with Crippen LogP contribution in [0, 0.1) is 17.6 Å². The van der Waals surface area contributed by atoms with E-state index >= 15 is 0 Å². The first-order valence-corrected chi connectivity index (χ1v) is 12.7. The molecule has 2 aliphatic heterocycles. The number of ether oxygens (including phenoxy) is 1. The smallest absolute Gasteiger partial charge is 0.178 e. The Hall–Kier alpha value is -2.32. The summed E-state index contributed by atoms with van der Waals surface area (Å²) in [7, 11) is 0. The van der Waals surface area contributed by atoms with Gasteiger partial charge in [-0.15, -0.1) is 0 Å². The summed E-state index contributed by atoms with van der Waals surface area (Å²) in [6, 6.07) is 3.98. The number of nitrogens with one attached hydrogen (secondary N) is 1. The SMILES string of the molecule is CC(C)N1CCOc2c(F)cc(-c3nc(CC4CCC(N5CCNCC5)CC4)ncc3F)cc21. The van der Waals surface area contributed by atoms with Crippen LogP contribution in [0.2, 0.25) is 0 Å². The Labute approximate surface area is 200 Å². The van der Waals surface area contributed by atoms with Gasteiger partial charge >= 0.3 is 0 Å². The molecule has 0 radical (unpaired) electrons. The largest absolute Gasteiger partial charge is 0.486 e. The summed E-state index contributed by atoms with van der Waals surface area (Å²) in [5.74, 6) is 0.362. The Balaban J connectivity index is 1.32. The maximum atomic E-state index is 14.9. The number of fused-ring (bicyclic) bond motifs is 1. The molecule has 2 aromatic rings. The molecular formula is C26H35F2N5O. The van der Waals surface area contributed by atoms with E-state index in [0.29, 0.717) is 42.2 Å². The van der Waals surface area contributed by atoms with E-state index in [1.807, 2.05) is 0 Å². The van der Waals surface area contributed by atoms with Crippen molar-refractivity contribution < 1.29 is 13.5 Å². The molecule has 184 valence electrons. The number of piperazine rings is 1. The van der Waals surface area contributed by atoms with Crippen molar-refractivity contribution >= 4 is 5.69 Å². The normalized spacial score (nSPS) is 23.6. The molecule has 0 atom stereocenters. The highest BCUT2D eigenvalue weighted by atomic mass is 19.1. The minimum absolute atomic E-state index is 0.162. The van der Waals surface area contributed by atoms with Crippen LogP contribution in [-0.4, -0.2) is 66.3 Å². The molecule has 34 heavy (non-hydrogen) atoms. The van der Waals surface area contributed by atoms with Crippen LogP contribution in [0.4, 0.5) is 14.5 Å². The molecule has 0 amide bonds. The number of rotatable bonds is 5. The topological polar surface area (TPSA) is 53.5 Å². The lowest BCUT2D eigenvalue weighted by Gasteiger charge is -2.39. The first-order valence-electron chi connectivity index (χ1n) is 12.7. The molecule has 6 nitrogen and oxygen atoms in total. The third-order valence-corrected chi connectivity index (χ3v) is 7.56. The highest BCUT2D eigenvalue weighted by molar-refractivity contribution is 5.72. The standard InChI is InChI=1S/C26H35F2N5O/c1-17(2)33-11-12-34-26-21(27)14-19(15-23(26)33)25-22(28)16-30-24(31-25)13-18-3-5-20(6-4-18)32-9-7-29-8-10-32/h14-18,20,29H,3-13H2,1-2H3. The first-order chi connectivity index (χ1) is 16.5. The average molecular weight is 472 g/mol. The second-order valence-corrected chi connectivity index (χ2v) is 10.1. The van der Waals surface area contributed by atoms with E-state index in [9.17, 15) is 8.78 Å². The number of hydrogen-bond acceptors (Lipinski definition) is 6. The summed E-state index contributed by atoms with van der Waals surface area (Å²) in [4.78, 5) is 13.6. The monoisotopic (exact) mass is 471 g/mol. The van der Waals surface area contributed by atoms with Gasteiger partial charge in [0.15, 0.2) is 17.4 Å². The van der Waals surface area contributed by atoms with Crippen LogP contribution < -0.4 is 15.0 Å². The average Bonchev–Trinajstić information content (AvgIpc) is 2.86. The molecule has 0 unspecified atom stereocenters. The zero-order chi connectivity index (χ0) is 23.7. The van der Waals surface area contributed by atoms with Crippen LogP contribution in [-0.2, 0) is 6.42 Å². The Morgan fingerprint density at radius 2 is 1.82 bits per heavy atom. The van der Waals surface area contributed by atoms with Crippen LogP contribution in [0.3, 0.4) is 0 Å². The molecule has 8 heteroatoms. The van der Waals surface area contributed by atoms with Crippen LogP contribution in [0.5, 0.6) is 5.75 Å². The highest BCUT2D eigenvalue weighted by Gasteiger charge is 2.28. The van der Waals surface area contributed by atoms with Gasteiger partial charge in [0.2, 0.25) is 0 Å². The third kappa shape index (κ3) is 4.89. The molecule has 1 aliphatic carbocycles. The van der Waals surface area contributed by atoms with E-state index in [1.165, 1.54) is 25.1 Å². The van der Waals surface area contributed by atoms with Gasteiger partial charge in [-0.3, -0.25) is 4.90 Å². The number of hydrogen-bond donors (Lipinski definition) is 1. The lowest BCUT2D eigenvalue weighted by molar-refractivity contribution is 0.121. The van der Waals surface area contributed by atoms with Crippen molar-refractivity contribution in [1.82, 2.24) is 20.2 Å². The van der Waals surface area contributed by atoms with Gasteiger partial charge in [0.1, 0.15) is 18.1 Å². The fraction of sp³-hybridized carbons (Fsp3) is 0.615. The van der Waals surface area contributed by atoms with Gasteiger partial charge in [0, 0.05) is 50.2 Å². The minimum atomic E-state index is -0.529. The molecule has 1 saturated heterocycles. The number of halogens is 2. The number of anilines is 1. The number of benzene rings is 1. The Bertz CT molecular complexity index is 1000. The molecule has 0 spiro atoms. The van der Waals surface area contributed by atoms with Crippen molar-refractivity contribution in [3.05, 3.63) is 35.8 Å². The third-order valence-electron chi connectivity index (χ3n) is 7.56. The first kappa shape index (κ1) is 23.4. The van der Waals surface area contributed by atoms with Crippen molar-refractivity contribution in [2.24, 2.45) is 5.92 Å². The van der Waals surface area contributed by atoms with E-state index in [0.717, 1.165) is 45.4 Å². The maximum Gasteiger partial charge on any atom is 0.178 e. The van der Waals surface area contributed by atoms with Gasteiger partial charge < -0.3 is 15.0 Å². The predicted octanol–water partition coefficient (Wildman–Crippen LogP) is 4.04. The maximum absolute atomic E-state index is 14.9. The molecule has 2 fully saturated rings. The fourth-order valence-corrected chi connectivity index (χ4v) is 5.70. The quantitative estimate of drug-likeness (QED) is 0.711. The predicted molar refractivity (Wildman–Crippen MR) is 129 cm³/mol. The van der Waals surface area contributed by atoms with E-state index in [2.05, 4.69) is 38.9 Å². The second kappa shape index (κ2) is 10.1. The Kier molecular flexibility index (Phi) is 6.97. The zero-order valence-electron chi connectivity index (χ0n) is 20.2. The Morgan fingerprint density at radius 3 is 2.56 bits per heavy atom. The van der Waals surface area contributed by atoms with Crippen molar-refractivity contribution in [2.75, 3.05) is 44.2 Å². The summed E-state index contributed by atoms with van der Waals surface area (Å²) >= 11 is 0. The second-order valence-electron chi connectivity index (χ2n) is 10.1. The van der Waals surface area contributed by atoms with Crippen LogP contribution in [0.25, 0.3) is 11.3 Å². The number of nitrogens with zero attached hydrogens (tertiary/aromatic N) is 4. The van der Waals surface area contributed by atoms with Gasteiger partial charge in [0.05, 0.1) is 18.4 Å². The van der Waals surface area contributed by atoms with Gasteiger partial charge in [-0.25, -0.2) is 18.7 Å². The molecule has 1 aromatic carbocycles. The Morgan fingerprint density at radius 1 is 1.06 bits per heavy atom. The van der Waals surface area contributed by atoms with Crippen LogP contribution in [0.1, 0.15) is 45.4 Å². The summed E-state index contributed by atoms with van der Waals surface area (Å²) < 4.78 is 35.3. The molecular weight excluding hydrogens is 436 g/mol. The van der Waals surface area contributed by atoms with E-state index in [-0.39, 0.29) is 17.5 Å². The molecule has 3 aliphatic rings. The molecule has 3 heterocycles. The molecule has 1 aromatic heterocycles. The van der Waals surface area contributed by atoms with Crippen molar-refractivity contribution in [1.29, 1.82) is 0 Å². The van der Waals surface area contributed by atoms with Gasteiger partial charge in [-0.2, -0.15) is 0 Å². The van der Waals surface area contributed by atoms with Gasteiger partial charge in [0.25, 0.3) is 0 Å². The van der Waals surface area contributed by atoms with Crippen LogP contribution >= 0.6 is 0 Å². The molecule has 1 saturated carbocycles. The number of aromatic nitrogens is 2.